The maximum Gasteiger partial charge on any atom is 0.363 e. The van der Waals surface area contributed by atoms with Gasteiger partial charge in [-0.15, -0.1) is 0 Å². The van der Waals surface area contributed by atoms with Gasteiger partial charge in [0.05, 0.1) is 12.0 Å². The number of benzene rings is 3. The van der Waals surface area contributed by atoms with Crippen LogP contribution in [0.15, 0.2) is 71.4 Å². The Kier molecular flexibility index (Phi) is 4.33. The first-order chi connectivity index (χ1) is 13.5. The van der Waals surface area contributed by atoms with Gasteiger partial charge in [-0.05, 0) is 40.6 Å². The molecule has 7 nitrogen and oxygen atoms in total. The van der Waals surface area contributed by atoms with Crippen molar-refractivity contribution in [3.63, 3.8) is 0 Å². The third kappa shape index (κ3) is 3.21. The maximum atomic E-state index is 12.2. The lowest BCUT2D eigenvalue weighted by Crippen LogP contribution is -2.06. The monoisotopic (exact) mass is 374 g/mol. The number of fused-ring (bicyclic) bond motifs is 1. The molecule has 28 heavy (non-hydrogen) atoms. The van der Waals surface area contributed by atoms with Crippen LogP contribution in [-0.2, 0) is 9.53 Å². The number of cyclic esters (lactones) is 1. The Bertz CT molecular complexity index is 1180. The van der Waals surface area contributed by atoms with Crippen molar-refractivity contribution in [1.82, 2.24) is 0 Å². The summed E-state index contributed by atoms with van der Waals surface area (Å²) in [5.41, 5.74) is 1.02. The zero-order valence-electron chi connectivity index (χ0n) is 14.8. The Hall–Kier alpha value is -4.00. The van der Waals surface area contributed by atoms with E-state index in [1.165, 1.54) is 19.2 Å². The van der Waals surface area contributed by atoms with Gasteiger partial charge in [0, 0.05) is 11.6 Å². The van der Waals surface area contributed by atoms with Crippen LogP contribution in [0.5, 0.6) is 5.75 Å². The van der Waals surface area contributed by atoms with E-state index >= 15 is 0 Å². The van der Waals surface area contributed by atoms with Gasteiger partial charge < -0.3 is 9.47 Å². The molecule has 1 aliphatic rings. The van der Waals surface area contributed by atoms with Crippen LogP contribution in [0.4, 0.5) is 5.69 Å². The van der Waals surface area contributed by atoms with Crippen LogP contribution in [0.3, 0.4) is 0 Å². The molecular weight excluding hydrogens is 360 g/mol. The van der Waals surface area contributed by atoms with Crippen molar-refractivity contribution in [2.75, 3.05) is 7.11 Å². The summed E-state index contributed by atoms with van der Waals surface area (Å²) in [5.74, 6) is -0.477. The molecule has 0 aliphatic carbocycles. The van der Waals surface area contributed by atoms with Crippen LogP contribution >= 0.6 is 0 Å². The predicted molar refractivity (Wildman–Crippen MR) is 104 cm³/mol. The smallest absolute Gasteiger partial charge is 0.363 e. The number of carbonyl (C=O) groups is 1. The minimum absolute atomic E-state index is 0.0165. The fourth-order valence-electron chi connectivity index (χ4n) is 2.95. The summed E-state index contributed by atoms with van der Waals surface area (Å²) in [5, 5.41) is 13.3. The van der Waals surface area contributed by atoms with Crippen molar-refractivity contribution in [3.05, 3.63) is 87.6 Å². The molecule has 0 aromatic heterocycles. The largest absolute Gasteiger partial charge is 0.490 e. The summed E-state index contributed by atoms with van der Waals surface area (Å²) >= 11 is 0. The summed E-state index contributed by atoms with van der Waals surface area (Å²) in [7, 11) is 1.35. The number of methoxy groups -OCH3 is 1. The Balaban J connectivity index is 1.70. The second kappa shape index (κ2) is 6.96. The van der Waals surface area contributed by atoms with E-state index < -0.39 is 10.9 Å². The Morgan fingerprint density at radius 3 is 2.61 bits per heavy atom. The number of aliphatic imine (C=N–C) groups is 1. The molecule has 138 valence electrons. The van der Waals surface area contributed by atoms with E-state index in [0.717, 1.165) is 16.3 Å². The standard InChI is InChI=1S/C21H14N2O5/c1-27-19-9-8-16(12-18(19)23(25)26)20-22-17(21(24)28-20)11-13-6-7-14-4-2-3-5-15(14)10-13/h2-12H,1H3/b17-11-. The number of ether oxygens (including phenoxy) is 2. The van der Waals surface area contributed by atoms with Crippen molar-refractivity contribution in [1.29, 1.82) is 0 Å². The van der Waals surface area contributed by atoms with Gasteiger partial charge in [-0.3, -0.25) is 10.1 Å². The second-order valence-electron chi connectivity index (χ2n) is 6.09. The molecule has 7 heteroatoms. The lowest BCUT2D eigenvalue weighted by molar-refractivity contribution is -0.385. The van der Waals surface area contributed by atoms with Crippen molar-refractivity contribution >= 4 is 34.4 Å². The number of nitrogens with zero attached hydrogens (tertiary/aromatic N) is 2. The van der Waals surface area contributed by atoms with Gasteiger partial charge in [-0.1, -0.05) is 36.4 Å². The van der Waals surface area contributed by atoms with Crippen molar-refractivity contribution in [2.24, 2.45) is 4.99 Å². The van der Waals surface area contributed by atoms with E-state index in [4.69, 9.17) is 9.47 Å². The third-order valence-electron chi connectivity index (χ3n) is 4.32. The minimum atomic E-state index is -0.610. The van der Waals surface area contributed by atoms with Crippen molar-refractivity contribution in [3.8, 4) is 5.75 Å². The molecule has 4 rings (SSSR count). The van der Waals surface area contributed by atoms with Crippen LogP contribution in [0.2, 0.25) is 0 Å². The number of nitro benzene ring substituents is 1. The number of hydrogen-bond acceptors (Lipinski definition) is 6. The Labute approximate surface area is 159 Å². The SMILES string of the molecule is COc1ccc(C2=N/C(=C\c3ccc4ccccc4c3)C(=O)O2)cc1[N+](=O)[O-]. The molecule has 0 fully saturated rings. The summed E-state index contributed by atoms with van der Waals surface area (Å²) in [6, 6.07) is 17.9. The first-order valence-corrected chi connectivity index (χ1v) is 8.39. The summed E-state index contributed by atoms with van der Waals surface area (Å²) < 4.78 is 10.2. The topological polar surface area (TPSA) is 91.0 Å². The van der Waals surface area contributed by atoms with E-state index in [1.54, 1.807) is 12.1 Å². The molecule has 0 saturated carbocycles. The number of carbonyl (C=O) groups excluding carboxylic acids is 1. The lowest BCUT2D eigenvalue weighted by Gasteiger charge is -2.03. The molecule has 0 saturated heterocycles. The molecule has 0 N–H and O–H groups in total. The third-order valence-corrected chi connectivity index (χ3v) is 4.32. The van der Waals surface area contributed by atoms with Crippen LogP contribution in [0.25, 0.3) is 16.8 Å². The zero-order chi connectivity index (χ0) is 19.7. The summed E-state index contributed by atoms with van der Waals surface area (Å²) in [6.45, 7) is 0. The molecule has 1 aliphatic heterocycles. The molecule has 0 bridgehead atoms. The van der Waals surface area contributed by atoms with E-state index in [-0.39, 0.29) is 23.0 Å². The molecule has 3 aromatic carbocycles. The van der Waals surface area contributed by atoms with Gasteiger partial charge in [0.25, 0.3) is 0 Å². The fraction of sp³-hybridized carbons (Fsp3) is 0.0476. The molecule has 1 heterocycles. The second-order valence-corrected chi connectivity index (χ2v) is 6.09. The molecule has 0 spiro atoms. The van der Waals surface area contributed by atoms with Crippen LogP contribution in [-0.4, -0.2) is 23.9 Å². The average Bonchev–Trinajstić information content (AvgIpc) is 3.07. The average molecular weight is 374 g/mol. The van der Waals surface area contributed by atoms with Gasteiger partial charge in [-0.2, -0.15) is 0 Å². The normalized spacial score (nSPS) is 14.8. The van der Waals surface area contributed by atoms with Gasteiger partial charge in [0.2, 0.25) is 5.90 Å². The lowest BCUT2D eigenvalue weighted by atomic mass is 10.1. The van der Waals surface area contributed by atoms with Crippen LogP contribution < -0.4 is 4.74 Å². The van der Waals surface area contributed by atoms with E-state index in [0.29, 0.717) is 5.56 Å². The van der Waals surface area contributed by atoms with E-state index in [2.05, 4.69) is 4.99 Å². The summed E-state index contributed by atoms with van der Waals surface area (Å²) in [6.07, 6.45) is 1.62. The van der Waals surface area contributed by atoms with Crippen LogP contribution in [0, 0.1) is 10.1 Å². The molecule has 0 atom stereocenters. The van der Waals surface area contributed by atoms with Gasteiger partial charge in [0.15, 0.2) is 11.4 Å². The molecule has 0 amide bonds. The predicted octanol–water partition coefficient (Wildman–Crippen LogP) is 4.10. The Morgan fingerprint density at radius 1 is 1.07 bits per heavy atom. The molecule has 0 radical (unpaired) electrons. The van der Waals surface area contributed by atoms with Gasteiger partial charge in [0.1, 0.15) is 0 Å². The molecular formula is C21H14N2O5. The number of nitro groups is 1. The number of esters is 1. The highest BCUT2D eigenvalue weighted by molar-refractivity contribution is 6.13. The molecule has 0 unspecified atom stereocenters. The van der Waals surface area contributed by atoms with Gasteiger partial charge in [-0.25, -0.2) is 9.79 Å². The zero-order valence-corrected chi connectivity index (χ0v) is 14.8. The fourth-order valence-corrected chi connectivity index (χ4v) is 2.95. The quantitative estimate of drug-likeness (QED) is 0.297. The van der Waals surface area contributed by atoms with Crippen LogP contribution in [0.1, 0.15) is 11.1 Å². The number of hydrogen-bond donors (Lipinski definition) is 0. The Morgan fingerprint density at radius 2 is 1.86 bits per heavy atom. The summed E-state index contributed by atoms with van der Waals surface area (Å²) in [4.78, 5) is 27.0. The maximum absolute atomic E-state index is 12.2. The van der Waals surface area contributed by atoms with Crippen molar-refractivity contribution in [2.45, 2.75) is 0 Å². The highest BCUT2D eigenvalue weighted by Crippen LogP contribution is 2.29. The number of rotatable bonds is 4. The first kappa shape index (κ1) is 17.4. The molecule has 3 aromatic rings. The highest BCUT2D eigenvalue weighted by Gasteiger charge is 2.26. The van der Waals surface area contributed by atoms with E-state index in [9.17, 15) is 14.9 Å². The minimum Gasteiger partial charge on any atom is -0.490 e. The first-order valence-electron chi connectivity index (χ1n) is 8.39. The highest BCUT2D eigenvalue weighted by atomic mass is 16.6. The van der Waals surface area contributed by atoms with Crippen molar-refractivity contribution < 1.29 is 19.2 Å². The van der Waals surface area contributed by atoms with Gasteiger partial charge >= 0.3 is 11.7 Å². The van der Waals surface area contributed by atoms with E-state index in [1.807, 2.05) is 42.5 Å².